The Morgan fingerprint density at radius 3 is 2.48 bits per heavy atom. The fourth-order valence-corrected chi connectivity index (χ4v) is 5.38. The van der Waals surface area contributed by atoms with E-state index in [0.717, 1.165) is 18.4 Å². The standard InChI is InChI=1S/C22H27ClN2O3S/c1-16-6-9-20(10-7-16)29(27,28)25(21-11-8-19(23)13-18(21)3)15-22(26)24-12-4-5-17(2)14-24/h6-11,13,17H,4-5,12,14-15H2,1-3H3/t17-/m1/s1. The van der Waals surface area contributed by atoms with E-state index in [-0.39, 0.29) is 17.3 Å². The lowest BCUT2D eigenvalue weighted by Gasteiger charge is -2.33. The molecule has 1 saturated heterocycles. The minimum Gasteiger partial charge on any atom is -0.341 e. The molecular weight excluding hydrogens is 408 g/mol. The summed E-state index contributed by atoms with van der Waals surface area (Å²) >= 11 is 6.07. The molecule has 0 bridgehead atoms. The molecule has 0 aromatic heterocycles. The average molecular weight is 435 g/mol. The van der Waals surface area contributed by atoms with Gasteiger partial charge in [0, 0.05) is 18.1 Å². The van der Waals surface area contributed by atoms with Crippen LogP contribution >= 0.6 is 11.6 Å². The first-order valence-electron chi connectivity index (χ1n) is 9.82. The van der Waals surface area contributed by atoms with Gasteiger partial charge in [-0.25, -0.2) is 8.42 Å². The molecule has 0 radical (unpaired) electrons. The van der Waals surface area contributed by atoms with Crippen LogP contribution < -0.4 is 4.31 Å². The molecule has 5 nitrogen and oxygen atoms in total. The van der Waals surface area contributed by atoms with Gasteiger partial charge in [-0.3, -0.25) is 9.10 Å². The van der Waals surface area contributed by atoms with Crippen LogP contribution in [0.4, 0.5) is 5.69 Å². The van der Waals surface area contributed by atoms with Gasteiger partial charge < -0.3 is 4.90 Å². The second-order valence-electron chi connectivity index (χ2n) is 7.84. The second kappa shape index (κ2) is 8.76. The highest BCUT2D eigenvalue weighted by Gasteiger charge is 2.31. The Balaban J connectivity index is 1.99. The normalized spacial score (nSPS) is 17.2. The van der Waals surface area contributed by atoms with Crippen LogP contribution in [0.1, 0.15) is 30.9 Å². The van der Waals surface area contributed by atoms with Crippen molar-refractivity contribution in [2.24, 2.45) is 5.92 Å². The molecule has 2 aromatic carbocycles. The van der Waals surface area contributed by atoms with Crippen molar-refractivity contribution in [3.63, 3.8) is 0 Å². The van der Waals surface area contributed by atoms with E-state index >= 15 is 0 Å². The van der Waals surface area contributed by atoms with Gasteiger partial charge in [-0.2, -0.15) is 0 Å². The zero-order valence-corrected chi connectivity index (χ0v) is 18.6. The molecule has 1 atom stereocenters. The van der Waals surface area contributed by atoms with E-state index in [1.165, 1.54) is 4.31 Å². The minimum absolute atomic E-state index is 0.164. The molecule has 29 heavy (non-hydrogen) atoms. The Labute approximate surface area is 178 Å². The van der Waals surface area contributed by atoms with Crippen LogP contribution in [0.5, 0.6) is 0 Å². The molecule has 0 unspecified atom stereocenters. The Kier molecular flexibility index (Phi) is 6.54. The molecule has 0 aliphatic carbocycles. The predicted molar refractivity (Wildman–Crippen MR) is 117 cm³/mol. The average Bonchev–Trinajstić information content (AvgIpc) is 2.67. The maximum Gasteiger partial charge on any atom is 0.264 e. The third-order valence-electron chi connectivity index (χ3n) is 5.33. The van der Waals surface area contributed by atoms with Gasteiger partial charge in [-0.1, -0.05) is 36.2 Å². The predicted octanol–water partition coefficient (Wildman–Crippen LogP) is 4.41. The maximum absolute atomic E-state index is 13.5. The minimum atomic E-state index is -3.91. The number of likely N-dealkylation sites (tertiary alicyclic amines) is 1. The van der Waals surface area contributed by atoms with Gasteiger partial charge in [0.25, 0.3) is 10.0 Å². The summed E-state index contributed by atoms with van der Waals surface area (Å²) in [6.07, 6.45) is 2.03. The summed E-state index contributed by atoms with van der Waals surface area (Å²) in [5.74, 6) is 0.244. The van der Waals surface area contributed by atoms with Crippen LogP contribution in [-0.4, -0.2) is 38.9 Å². The zero-order chi connectivity index (χ0) is 21.2. The van der Waals surface area contributed by atoms with Gasteiger partial charge in [0.15, 0.2) is 0 Å². The first-order valence-corrected chi connectivity index (χ1v) is 11.6. The zero-order valence-electron chi connectivity index (χ0n) is 17.1. The molecule has 2 aromatic rings. The van der Waals surface area contributed by atoms with E-state index < -0.39 is 10.0 Å². The highest BCUT2D eigenvalue weighted by molar-refractivity contribution is 7.92. The first kappa shape index (κ1) is 21.7. The highest BCUT2D eigenvalue weighted by Crippen LogP contribution is 2.29. The molecular formula is C22H27ClN2O3S. The molecule has 3 rings (SSSR count). The number of rotatable bonds is 5. The number of carbonyl (C=O) groups excluding carboxylic acids is 1. The Morgan fingerprint density at radius 2 is 1.86 bits per heavy atom. The molecule has 1 heterocycles. The van der Waals surface area contributed by atoms with Crippen LogP contribution in [-0.2, 0) is 14.8 Å². The number of halogens is 1. The van der Waals surface area contributed by atoms with Gasteiger partial charge in [0.1, 0.15) is 6.54 Å². The van der Waals surface area contributed by atoms with E-state index in [9.17, 15) is 13.2 Å². The van der Waals surface area contributed by atoms with Gasteiger partial charge >= 0.3 is 0 Å². The molecule has 0 spiro atoms. The van der Waals surface area contributed by atoms with Crippen LogP contribution in [0.15, 0.2) is 47.4 Å². The molecule has 7 heteroatoms. The molecule has 1 aliphatic rings. The van der Waals surface area contributed by atoms with Crippen molar-refractivity contribution in [3.05, 3.63) is 58.6 Å². The van der Waals surface area contributed by atoms with Gasteiger partial charge in [-0.05, 0) is 68.5 Å². The summed E-state index contributed by atoms with van der Waals surface area (Å²) in [7, 11) is -3.91. The lowest BCUT2D eigenvalue weighted by Crippen LogP contribution is -2.46. The van der Waals surface area contributed by atoms with Gasteiger partial charge in [0.2, 0.25) is 5.91 Å². The van der Waals surface area contributed by atoms with Gasteiger partial charge in [-0.15, -0.1) is 0 Å². The van der Waals surface area contributed by atoms with Crippen LogP contribution in [0, 0.1) is 19.8 Å². The summed E-state index contributed by atoms with van der Waals surface area (Å²) in [6.45, 7) is 6.91. The number of hydrogen-bond acceptors (Lipinski definition) is 3. The van der Waals surface area contributed by atoms with E-state index in [1.54, 1.807) is 54.3 Å². The van der Waals surface area contributed by atoms with Crippen LogP contribution in [0.25, 0.3) is 0 Å². The van der Waals surface area contributed by atoms with E-state index in [0.29, 0.717) is 35.3 Å². The number of anilines is 1. The van der Waals surface area contributed by atoms with E-state index in [1.807, 2.05) is 6.92 Å². The highest BCUT2D eigenvalue weighted by atomic mass is 35.5. The van der Waals surface area contributed by atoms with Crippen molar-refractivity contribution >= 4 is 33.2 Å². The largest absolute Gasteiger partial charge is 0.341 e. The third-order valence-corrected chi connectivity index (χ3v) is 7.33. The van der Waals surface area contributed by atoms with Crippen LogP contribution in [0.2, 0.25) is 5.02 Å². The van der Waals surface area contributed by atoms with Crippen molar-refractivity contribution in [2.45, 2.75) is 38.5 Å². The third kappa shape index (κ3) is 4.93. The molecule has 1 aliphatic heterocycles. The quantitative estimate of drug-likeness (QED) is 0.700. The second-order valence-corrected chi connectivity index (χ2v) is 10.1. The smallest absolute Gasteiger partial charge is 0.264 e. The number of carbonyl (C=O) groups is 1. The first-order chi connectivity index (χ1) is 13.7. The summed E-state index contributed by atoms with van der Waals surface area (Å²) in [5, 5.41) is 0.523. The number of amides is 1. The Morgan fingerprint density at radius 1 is 1.17 bits per heavy atom. The number of piperidine rings is 1. The van der Waals surface area contributed by atoms with Crippen molar-refractivity contribution in [1.29, 1.82) is 0 Å². The molecule has 156 valence electrons. The fourth-order valence-electron chi connectivity index (χ4n) is 3.67. The van der Waals surface area contributed by atoms with E-state index in [4.69, 9.17) is 11.6 Å². The molecule has 1 amide bonds. The molecule has 0 saturated carbocycles. The summed E-state index contributed by atoms with van der Waals surface area (Å²) in [6, 6.07) is 11.7. The maximum atomic E-state index is 13.5. The number of nitrogens with zero attached hydrogens (tertiary/aromatic N) is 2. The topological polar surface area (TPSA) is 57.7 Å². The van der Waals surface area contributed by atoms with Crippen molar-refractivity contribution in [3.8, 4) is 0 Å². The summed E-state index contributed by atoms with van der Waals surface area (Å²) in [5.41, 5.74) is 2.14. The van der Waals surface area contributed by atoms with Crippen LogP contribution in [0.3, 0.4) is 0 Å². The lowest BCUT2D eigenvalue weighted by atomic mass is 10.0. The molecule has 1 fully saturated rings. The number of hydrogen-bond donors (Lipinski definition) is 0. The summed E-state index contributed by atoms with van der Waals surface area (Å²) < 4.78 is 28.2. The van der Waals surface area contributed by atoms with Crippen molar-refractivity contribution in [1.82, 2.24) is 4.90 Å². The monoisotopic (exact) mass is 434 g/mol. The lowest BCUT2D eigenvalue weighted by molar-refractivity contribution is -0.131. The number of sulfonamides is 1. The van der Waals surface area contributed by atoms with E-state index in [2.05, 4.69) is 6.92 Å². The Hall–Kier alpha value is -2.05. The summed E-state index contributed by atoms with van der Waals surface area (Å²) in [4.78, 5) is 15.0. The SMILES string of the molecule is Cc1ccc(S(=O)(=O)N(CC(=O)N2CCC[C@@H](C)C2)c2ccc(Cl)cc2C)cc1. The number of benzene rings is 2. The Bertz CT molecular complexity index is 990. The van der Waals surface area contributed by atoms with Crippen molar-refractivity contribution in [2.75, 3.05) is 23.9 Å². The number of aryl methyl sites for hydroxylation is 2. The van der Waals surface area contributed by atoms with Gasteiger partial charge in [0.05, 0.1) is 10.6 Å². The van der Waals surface area contributed by atoms with Crippen molar-refractivity contribution < 1.29 is 13.2 Å². The fraction of sp³-hybridized carbons (Fsp3) is 0.409. The molecule has 0 N–H and O–H groups in total.